The van der Waals surface area contributed by atoms with Crippen LogP contribution >= 0.6 is 0 Å². The van der Waals surface area contributed by atoms with Crippen molar-refractivity contribution in [3.05, 3.63) is 29.8 Å². The van der Waals surface area contributed by atoms with Crippen molar-refractivity contribution in [3.63, 3.8) is 0 Å². The van der Waals surface area contributed by atoms with Crippen LogP contribution in [0.2, 0.25) is 0 Å². The number of hydrogen-bond acceptors (Lipinski definition) is 4. The Kier molecular flexibility index (Phi) is 6.50. The molecule has 6 heteroatoms. The van der Waals surface area contributed by atoms with E-state index in [1.165, 1.54) is 20.0 Å². The number of carbonyl (C=O) groups is 2. The summed E-state index contributed by atoms with van der Waals surface area (Å²) >= 11 is 0. The Morgan fingerprint density at radius 2 is 1.92 bits per heavy atom. The largest absolute Gasteiger partial charge is 0.469 e. The van der Waals surface area contributed by atoms with Gasteiger partial charge in [-0.2, -0.15) is 0 Å². The summed E-state index contributed by atoms with van der Waals surface area (Å²) in [5.74, 6) is 0.542. The van der Waals surface area contributed by atoms with Gasteiger partial charge in [-0.15, -0.1) is 0 Å². The maximum absolute atomic E-state index is 12.7. The number of urea groups is 1. The van der Waals surface area contributed by atoms with Crippen LogP contribution in [0.1, 0.15) is 31.2 Å². The molecule has 2 fully saturated rings. The topological polar surface area (TPSA) is 61.9 Å². The number of anilines is 1. The molecule has 2 saturated heterocycles. The van der Waals surface area contributed by atoms with Crippen LogP contribution in [0.15, 0.2) is 24.3 Å². The summed E-state index contributed by atoms with van der Waals surface area (Å²) in [4.78, 5) is 27.8. The predicted molar refractivity (Wildman–Crippen MR) is 101 cm³/mol. The molecular weight excluding hydrogens is 330 g/mol. The molecule has 0 unspecified atom stereocenters. The molecule has 0 atom stereocenters. The number of ether oxygens (including phenoxy) is 1. The fraction of sp³-hybridized carbons (Fsp3) is 0.600. The summed E-state index contributed by atoms with van der Waals surface area (Å²) in [5, 5.41) is 3.39. The minimum Gasteiger partial charge on any atom is -0.469 e. The van der Waals surface area contributed by atoms with Gasteiger partial charge >= 0.3 is 12.0 Å². The first-order chi connectivity index (χ1) is 12.7. The van der Waals surface area contributed by atoms with Gasteiger partial charge in [-0.25, -0.2) is 4.79 Å². The Labute approximate surface area is 155 Å². The number of piperidine rings is 1. The molecule has 0 saturated carbocycles. The fourth-order valence-electron chi connectivity index (χ4n) is 3.73. The fourth-order valence-corrected chi connectivity index (χ4v) is 3.73. The molecule has 1 aromatic rings. The Morgan fingerprint density at radius 1 is 1.19 bits per heavy atom. The van der Waals surface area contributed by atoms with Gasteiger partial charge in [0.1, 0.15) is 0 Å². The van der Waals surface area contributed by atoms with E-state index in [0.717, 1.165) is 56.3 Å². The third kappa shape index (κ3) is 4.75. The van der Waals surface area contributed by atoms with Crippen molar-refractivity contribution < 1.29 is 14.3 Å². The molecule has 2 aliphatic heterocycles. The molecular formula is C20H29N3O3. The van der Waals surface area contributed by atoms with Crippen molar-refractivity contribution in [2.75, 3.05) is 44.7 Å². The smallest absolute Gasteiger partial charge is 0.324 e. The average Bonchev–Trinajstić information content (AvgIpc) is 3.06. The number of nitrogens with one attached hydrogen (secondary N) is 1. The highest BCUT2D eigenvalue weighted by atomic mass is 16.5. The lowest BCUT2D eigenvalue weighted by molar-refractivity contribution is -0.140. The van der Waals surface area contributed by atoms with Gasteiger partial charge in [0.15, 0.2) is 0 Å². The van der Waals surface area contributed by atoms with Gasteiger partial charge < -0.3 is 15.0 Å². The zero-order chi connectivity index (χ0) is 18.4. The van der Waals surface area contributed by atoms with Crippen LogP contribution in [0.3, 0.4) is 0 Å². The lowest BCUT2D eigenvalue weighted by atomic mass is 9.94. The van der Waals surface area contributed by atoms with Crippen LogP contribution in [0.5, 0.6) is 0 Å². The molecule has 6 nitrogen and oxygen atoms in total. The van der Waals surface area contributed by atoms with Crippen molar-refractivity contribution in [3.8, 4) is 0 Å². The molecule has 2 aliphatic rings. The number of aryl methyl sites for hydroxylation is 1. The quantitative estimate of drug-likeness (QED) is 0.760. The van der Waals surface area contributed by atoms with Crippen molar-refractivity contribution >= 4 is 17.7 Å². The van der Waals surface area contributed by atoms with E-state index in [4.69, 9.17) is 0 Å². The molecule has 0 aliphatic carbocycles. The molecule has 1 N–H and O–H groups in total. The number of carbonyl (C=O) groups excluding carboxylic acids is 2. The SMILES string of the molecule is COC(=O)CCc1ccc(N2CCN(CCC3CCNCC3)C2=O)cc1. The van der Waals surface area contributed by atoms with Crippen LogP contribution in [0.4, 0.5) is 10.5 Å². The normalized spacial score (nSPS) is 18.4. The second-order valence-corrected chi connectivity index (χ2v) is 7.15. The van der Waals surface area contributed by atoms with E-state index in [-0.39, 0.29) is 12.0 Å². The Bertz CT molecular complexity index is 611. The molecule has 0 radical (unpaired) electrons. The van der Waals surface area contributed by atoms with Crippen LogP contribution < -0.4 is 10.2 Å². The van der Waals surface area contributed by atoms with E-state index >= 15 is 0 Å². The monoisotopic (exact) mass is 359 g/mol. The van der Waals surface area contributed by atoms with Crippen LogP contribution in [0, 0.1) is 5.92 Å². The van der Waals surface area contributed by atoms with Gasteiger partial charge in [0.05, 0.1) is 7.11 Å². The highest BCUT2D eigenvalue weighted by Crippen LogP contribution is 2.23. The highest BCUT2D eigenvalue weighted by Gasteiger charge is 2.29. The van der Waals surface area contributed by atoms with E-state index in [9.17, 15) is 9.59 Å². The number of rotatable bonds is 7. The summed E-state index contributed by atoms with van der Waals surface area (Å²) in [6.45, 7) is 4.61. The lowest BCUT2D eigenvalue weighted by Gasteiger charge is -2.25. The molecule has 2 heterocycles. The second kappa shape index (κ2) is 9.03. The van der Waals surface area contributed by atoms with Crippen molar-refractivity contribution in [2.45, 2.75) is 32.1 Å². The third-order valence-electron chi connectivity index (χ3n) is 5.45. The molecule has 3 rings (SSSR count). The molecule has 1 aromatic carbocycles. The van der Waals surface area contributed by atoms with Gasteiger partial charge in [-0.3, -0.25) is 9.69 Å². The average molecular weight is 359 g/mol. The maximum atomic E-state index is 12.7. The zero-order valence-electron chi connectivity index (χ0n) is 15.6. The summed E-state index contributed by atoms with van der Waals surface area (Å²) < 4.78 is 4.67. The predicted octanol–water partition coefficient (Wildman–Crippen LogP) is 2.42. The van der Waals surface area contributed by atoms with Crippen LogP contribution in [-0.2, 0) is 16.0 Å². The molecule has 0 bridgehead atoms. The number of nitrogens with zero attached hydrogens (tertiary/aromatic N) is 2. The highest BCUT2D eigenvalue weighted by molar-refractivity contribution is 5.94. The standard InChI is InChI=1S/C20H29N3O3/c1-26-19(24)7-4-16-2-5-18(6-3-16)23-15-14-22(20(23)25)13-10-17-8-11-21-12-9-17/h2-3,5-6,17,21H,4,7-15H2,1H3. The van der Waals surface area contributed by atoms with E-state index in [1.54, 1.807) is 0 Å². The second-order valence-electron chi connectivity index (χ2n) is 7.15. The van der Waals surface area contributed by atoms with Gasteiger partial charge in [0.2, 0.25) is 0 Å². The minimum atomic E-state index is -0.201. The van der Waals surface area contributed by atoms with Crippen molar-refractivity contribution in [1.82, 2.24) is 10.2 Å². The van der Waals surface area contributed by atoms with Gasteiger partial charge in [-0.1, -0.05) is 12.1 Å². The van der Waals surface area contributed by atoms with E-state index in [1.807, 2.05) is 34.1 Å². The first-order valence-electron chi connectivity index (χ1n) is 9.60. The molecule has 0 spiro atoms. The number of esters is 1. The Hall–Kier alpha value is -2.08. The lowest BCUT2D eigenvalue weighted by Crippen LogP contribution is -2.34. The molecule has 142 valence electrons. The minimum absolute atomic E-state index is 0.112. The van der Waals surface area contributed by atoms with Crippen LogP contribution in [-0.4, -0.2) is 56.7 Å². The Balaban J connectivity index is 1.50. The summed E-state index contributed by atoms with van der Waals surface area (Å²) in [6, 6.07) is 8.04. The first-order valence-corrected chi connectivity index (χ1v) is 9.60. The zero-order valence-corrected chi connectivity index (χ0v) is 15.6. The van der Waals surface area contributed by atoms with Crippen molar-refractivity contribution in [2.24, 2.45) is 5.92 Å². The van der Waals surface area contributed by atoms with Crippen molar-refractivity contribution in [1.29, 1.82) is 0 Å². The van der Waals surface area contributed by atoms with Gasteiger partial charge in [0.25, 0.3) is 0 Å². The van der Waals surface area contributed by atoms with E-state index in [2.05, 4.69) is 10.1 Å². The van der Waals surface area contributed by atoms with Gasteiger partial charge in [0, 0.05) is 31.7 Å². The number of amides is 2. The summed E-state index contributed by atoms with van der Waals surface area (Å²) in [7, 11) is 1.40. The summed E-state index contributed by atoms with van der Waals surface area (Å²) in [5.41, 5.74) is 2.01. The van der Waals surface area contributed by atoms with E-state index < -0.39 is 0 Å². The third-order valence-corrected chi connectivity index (χ3v) is 5.45. The first kappa shape index (κ1) is 18.7. The molecule has 0 aromatic heterocycles. The van der Waals surface area contributed by atoms with Crippen LogP contribution in [0.25, 0.3) is 0 Å². The number of methoxy groups -OCH3 is 1. The summed E-state index contributed by atoms with van der Waals surface area (Å²) in [6.07, 6.45) is 4.58. The number of hydrogen-bond donors (Lipinski definition) is 1. The number of benzene rings is 1. The van der Waals surface area contributed by atoms with E-state index in [0.29, 0.717) is 12.8 Å². The molecule has 26 heavy (non-hydrogen) atoms. The van der Waals surface area contributed by atoms with Gasteiger partial charge in [-0.05, 0) is 62.4 Å². The Morgan fingerprint density at radius 3 is 2.62 bits per heavy atom. The maximum Gasteiger partial charge on any atom is 0.324 e. The molecule has 2 amide bonds.